The number of nitrogens with zero attached hydrogens (tertiary/aromatic N) is 4. The predicted molar refractivity (Wildman–Crippen MR) is 114 cm³/mol. The Bertz CT molecular complexity index is 1220. The van der Waals surface area contributed by atoms with Gasteiger partial charge >= 0.3 is 0 Å². The molecule has 1 aliphatic heterocycles. The molecule has 0 aliphatic carbocycles. The highest BCUT2D eigenvalue weighted by Crippen LogP contribution is 2.22. The van der Waals surface area contributed by atoms with Crippen molar-refractivity contribution in [1.29, 1.82) is 0 Å². The van der Waals surface area contributed by atoms with Gasteiger partial charge in [-0.1, -0.05) is 6.07 Å². The summed E-state index contributed by atoms with van der Waals surface area (Å²) in [5, 5.41) is 9.74. The Morgan fingerprint density at radius 2 is 2.06 bits per heavy atom. The lowest BCUT2D eigenvalue weighted by molar-refractivity contribution is -0.123. The van der Waals surface area contributed by atoms with E-state index >= 15 is 0 Å². The van der Waals surface area contributed by atoms with Crippen LogP contribution >= 0.6 is 0 Å². The minimum absolute atomic E-state index is 0.178. The van der Waals surface area contributed by atoms with E-state index in [1.165, 1.54) is 10.6 Å². The van der Waals surface area contributed by atoms with Gasteiger partial charge in [-0.3, -0.25) is 14.6 Å². The molecule has 0 fully saturated rings. The zero-order valence-corrected chi connectivity index (χ0v) is 18.0. The summed E-state index contributed by atoms with van der Waals surface area (Å²) in [6.07, 6.45) is 7.16. The summed E-state index contributed by atoms with van der Waals surface area (Å²) in [6.45, 7) is 2.43. The van der Waals surface area contributed by atoms with Crippen LogP contribution in [0.2, 0.25) is 0 Å². The van der Waals surface area contributed by atoms with Gasteiger partial charge < -0.3 is 14.8 Å². The van der Waals surface area contributed by atoms with Crippen molar-refractivity contribution in [1.82, 2.24) is 18.7 Å². The minimum atomic E-state index is -3.25. The Morgan fingerprint density at radius 1 is 1.32 bits per heavy atom. The van der Waals surface area contributed by atoms with E-state index in [9.17, 15) is 13.2 Å². The number of nitrogens with one attached hydrogen (secondary N) is 1. The third kappa shape index (κ3) is 5.25. The van der Waals surface area contributed by atoms with Crippen LogP contribution in [0.1, 0.15) is 22.5 Å². The van der Waals surface area contributed by atoms with Gasteiger partial charge in [-0.2, -0.15) is 4.31 Å². The van der Waals surface area contributed by atoms with Crippen LogP contribution in [0.3, 0.4) is 0 Å². The molecule has 0 bridgehead atoms. The van der Waals surface area contributed by atoms with Gasteiger partial charge in [0.1, 0.15) is 5.65 Å². The molecule has 164 valence electrons. The van der Waals surface area contributed by atoms with E-state index < -0.39 is 10.0 Å². The molecule has 0 saturated carbocycles. The molecule has 0 atom stereocenters. The van der Waals surface area contributed by atoms with E-state index in [0.717, 1.165) is 28.2 Å². The molecule has 11 heteroatoms. The number of carbonyl (C=O) groups excluding carboxylic acids is 1. The number of aromatic nitrogens is 3. The van der Waals surface area contributed by atoms with Crippen LogP contribution in [-0.2, 0) is 39.0 Å². The number of hydrogen-bond donors (Lipinski definition) is 2. The van der Waals surface area contributed by atoms with E-state index in [4.69, 9.17) is 9.90 Å². The van der Waals surface area contributed by atoms with Gasteiger partial charge in [0.15, 0.2) is 0 Å². The molecule has 0 saturated heterocycles. The first-order chi connectivity index (χ1) is 14.7. The molecule has 3 aromatic rings. The highest BCUT2D eigenvalue weighted by atomic mass is 32.2. The first-order valence-electron chi connectivity index (χ1n) is 9.45. The monoisotopic (exact) mass is 445 g/mol. The summed E-state index contributed by atoms with van der Waals surface area (Å²) >= 11 is 0. The molecule has 1 aliphatic rings. The normalized spacial score (nSPS) is 13.7. The molecule has 4 rings (SSSR count). The first-order valence-corrected chi connectivity index (χ1v) is 11.3. The van der Waals surface area contributed by atoms with Crippen LogP contribution in [-0.4, -0.2) is 57.4 Å². The van der Waals surface area contributed by atoms with Crippen LogP contribution in [0.5, 0.6) is 0 Å². The lowest BCUT2D eigenvalue weighted by Crippen LogP contribution is -2.35. The topological polar surface area (TPSA) is 134 Å². The maximum absolute atomic E-state index is 12.5. The zero-order valence-electron chi connectivity index (χ0n) is 17.1. The number of pyridine rings is 2. The van der Waals surface area contributed by atoms with E-state index in [-0.39, 0.29) is 25.3 Å². The summed E-state index contributed by atoms with van der Waals surface area (Å²) in [4.78, 5) is 29.6. The molecule has 0 spiro atoms. The zero-order chi connectivity index (χ0) is 22.6. The van der Waals surface area contributed by atoms with Gasteiger partial charge in [-0.25, -0.2) is 13.4 Å². The average Bonchev–Trinajstić information content (AvgIpc) is 3.11. The third-order valence-electron chi connectivity index (χ3n) is 4.91. The van der Waals surface area contributed by atoms with E-state index in [1.54, 1.807) is 18.5 Å². The highest BCUT2D eigenvalue weighted by Gasteiger charge is 2.24. The minimum Gasteiger partial charge on any atom is -0.483 e. The second kappa shape index (κ2) is 9.23. The van der Waals surface area contributed by atoms with Crippen molar-refractivity contribution in [2.45, 2.75) is 26.3 Å². The van der Waals surface area contributed by atoms with Crippen LogP contribution in [0.4, 0.5) is 5.69 Å². The van der Waals surface area contributed by atoms with Gasteiger partial charge in [0.05, 0.1) is 30.3 Å². The van der Waals surface area contributed by atoms with Crippen molar-refractivity contribution >= 4 is 33.7 Å². The van der Waals surface area contributed by atoms with Crippen molar-refractivity contribution in [2.24, 2.45) is 0 Å². The maximum atomic E-state index is 12.5. The van der Waals surface area contributed by atoms with Crippen molar-refractivity contribution in [2.75, 3.05) is 18.1 Å². The molecule has 0 unspecified atom stereocenters. The summed E-state index contributed by atoms with van der Waals surface area (Å²) in [5.41, 5.74) is 4.93. The van der Waals surface area contributed by atoms with Crippen molar-refractivity contribution in [3.8, 4) is 0 Å². The molecule has 4 heterocycles. The number of carboxylic acid groups (broad SMARTS) is 1. The highest BCUT2D eigenvalue weighted by molar-refractivity contribution is 7.88. The second-order valence-corrected chi connectivity index (χ2v) is 9.12. The summed E-state index contributed by atoms with van der Waals surface area (Å²) < 4.78 is 26.9. The molecule has 0 radical (unpaired) electrons. The number of hydrogen-bond acceptors (Lipinski definition) is 6. The Balaban J connectivity index is 0.000000858. The van der Waals surface area contributed by atoms with Gasteiger partial charge in [0.25, 0.3) is 6.47 Å². The van der Waals surface area contributed by atoms with Gasteiger partial charge in [-0.15, -0.1) is 0 Å². The molecule has 1 amide bonds. The largest absolute Gasteiger partial charge is 0.483 e. The van der Waals surface area contributed by atoms with E-state index in [2.05, 4.69) is 15.3 Å². The first kappa shape index (κ1) is 22.4. The number of anilines is 1. The van der Waals surface area contributed by atoms with E-state index in [1.807, 2.05) is 29.7 Å². The Hall–Kier alpha value is -3.31. The van der Waals surface area contributed by atoms with Crippen molar-refractivity contribution in [3.05, 3.63) is 59.3 Å². The quantitative estimate of drug-likeness (QED) is 0.577. The van der Waals surface area contributed by atoms with Gasteiger partial charge in [-0.05, 0) is 30.2 Å². The molecular weight excluding hydrogens is 422 g/mol. The number of sulfonamides is 1. The smallest absolute Gasteiger partial charge is 0.290 e. The second-order valence-electron chi connectivity index (χ2n) is 7.14. The average molecular weight is 446 g/mol. The van der Waals surface area contributed by atoms with Gasteiger partial charge in [0.2, 0.25) is 15.9 Å². The van der Waals surface area contributed by atoms with Crippen molar-refractivity contribution < 1.29 is 23.1 Å². The number of amides is 1. The molecule has 0 aromatic carbocycles. The van der Waals surface area contributed by atoms with E-state index in [0.29, 0.717) is 18.7 Å². The molecule has 31 heavy (non-hydrogen) atoms. The lowest BCUT2D eigenvalue weighted by atomic mass is 10.1. The fourth-order valence-corrected chi connectivity index (χ4v) is 4.25. The summed E-state index contributed by atoms with van der Waals surface area (Å²) in [7, 11) is -3.25. The number of imidazole rings is 1. The Kier molecular flexibility index (Phi) is 6.66. The number of fused-ring (bicyclic) bond motifs is 2. The van der Waals surface area contributed by atoms with Gasteiger partial charge in [0, 0.05) is 37.6 Å². The maximum Gasteiger partial charge on any atom is 0.290 e. The molecule has 10 nitrogen and oxygen atoms in total. The fraction of sp³-hybridized carbons (Fsp3) is 0.300. The van der Waals surface area contributed by atoms with Crippen LogP contribution in [0.15, 0.2) is 36.8 Å². The molecule has 2 N–H and O–H groups in total. The Morgan fingerprint density at radius 3 is 2.77 bits per heavy atom. The summed E-state index contributed by atoms with van der Waals surface area (Å²) in [5.74, 6) is -0.180. The Labute approximate surface area is 179 Å². The third-order valence-corrected chi connectivity index (χ3v) is 6.16. The number of rotatable bonds is 4. The predicted octanol–water partition coefficient (Wildman–Crippen LogP) is 1.24. The fourth-order valence-electron chi connectivity index (χ4n) is 3.45. The summed E-state index contributed by atoms with van der Waals surface area (Å²) in [6, 6.07) is 5.70. The number of aryl methyl sites for hydroxylation is 1. The number of carbonyl (C=O) groups is 2. The van der Waals surface area contributed by atoms with Crippen molar-refractivity contribution in [3.63, 3.8) is 0 Å². The van der Waals surface area contributed by atoms with Crippen LogP contribution in [0, 0.1) is 6.92 Å². The standard InChI is InChI=1S/C19H21N5O3S.CH2O2/c1-13-4-3-6-24-16(11-21-19(13)24)9-18(25)22-15-8-14-12-23(28(2,26)27)7-5-17(14)20-10-15;2-1-3/h3-4,6,8,10-11H,5,7,9,12H2,1-2H3,(H,22,25);1H,(H,2,3). The van der Waals surface area contributed by atoms with Crippen LogP contribution < -0.4 is 5.32 Å². The molecular formula is C20H23N5O5S. The SMILES string of the molecule is Cc1cccn2c(CC(=O)Nc3cnc4c(c3)CN(S(C)(=O)=O)CC4)cnc12.O=CO. The lowest BCUT2D eigenvalue weighted by Gasteiger charge is -2.26. The van der Waals surface area contributed by atoms with Crippen LogP contribution in [0.25, 0.3) is 5.65 Å². The molecule has 3 aromatic heterocycles.